The molecule has 0 aromatic heterocycles. The van der Waals surface area contributed by atoms with Gasteiger partial charge in [0.05, 0.1) is 63.8 Å². The van der Waals surface area contributed by atoms with E-state index in [0.717, 1.165) is 39.9 Å². The number of carbonyl (C=O) groups is 3. The smallest absolute Gasteiger partial charge is 0.266 e. The molecule has 1 N–H and O–H groups in total. The number of amides is 3. The number of aliphatic hydroxyl groups is 1. The molecular formula is C48H48BrN3O7Si. The summed E-state index contributed by atoms with van der Waals surface area (Å²) >= 11 is 3.71. The maximum absolute atomic E-state index is 15.4. The number of likely N-dealkylation sites (tertiary alicyclic amines) is 1. The predicted octanol–water partition coefficient (Wildman–Crippen LogP) is 8.68. The molecule has 0 bridgehead atoms. The quantitative estimate of drug-likeness (QED) is 0.148. The van der Waals surface area contributed by atoms with Gasteiger partial charge in [0, 0.05) is 28.2 Å². The fourth-order valence-corrected chi connectivity index (χ4v) is 14.7. The van der Waals surface area contributed by atoms with Crippen LogP contribution in [-0.4, -0.2) is 68.2 Å². The highest BCUT2D eigenvalue weighted by molar-refractivity contribution is 9.10. The van der Waals surface area contributed by atoms with Gasteiger partial charge < -0.3 is 29.1 Å². The number of carbonyl (C=O) groups excluding carboxylic acids is 3. The number of benzene rings is 5. The van der Waals surface area contributed by atoms with E-state index >= 15 is 4.79 Å². The molecule has 10 nitrogen and oxygen atoms in total. The Morgan fingerprint density at radius 1 is 0.917 bits per heavy atom. The fraction of sp³-hybridized carbons (Fsp3) is 0.312. The highest BCUT2D eigenvalue weighted by Crippen LogP contribution is 2.60. The van der Waals surface area contributed by atoms with Gasteiger partial charge in [-0.05, 0) is 90.7 Å². The SMILES string of the molecule is COc1ccc([Si](C)(C)[C@@H]2[C@@H](CC(=O)N3CCC[C@H]3CO)O[C@]3(C(=O)N(Cc4ccc(N5C(=O)c6ccccc6Oc6ccccc65)cc4)c4ccc(Br)cc43)[C@H]2C)cc1. The molecule has 5 aromatic carbocycles. The van der Waals surface area contributed by atoms with E-state index in [1.54, 1.807) is 29.0 Å². The lowest BCUT2D eigenvalue weighted by molar-refractivity contribution is -0.150. The van der Waals surface area contributed by atoms with Gasteiger partial charge in [0.15, 0.2) is 11.4 Å². The molecule has 0 saturated carbocycles. The van der Waals surface area contributed by atoms with Gasteiger partial charge in [-0.25, -0.2) is 0 Å². The van der Waals surface area contributed by atoms with Crippen LogP contribution >= 0.6 is 15.9 Å². The maximum Gasteiger partial charge on any atom is 0.266 e. The summed E-state index contributed by atoms with van der Waals surface area (Å²) in [5, 5.41) is 11.3. The van der Waals surface area contributed by atoms with Crippen LogP contribution in [0.5, 0.6) is 17.2 Å². The monoisotopic (exact) mass is 885 g/mol. The maximum atomic E-state index is 15.4. The molecule has 1 spiro atoms. The Labute approximate surface area is 359 Å². The molecule has 308 valence electrons. The first-order valence-electron chi connectivity index (χ1n) is 20.6. The van der Waals surface area contributed by atoms with Crippen LogP contribution in [0, 0.1) is 5.92 Å². The summed E-state index contributed by atoms with van der Waals surface area (Å²) in [6.45, 7) is 7.53. The lowest BCUT2D eigenvalue weighted by Crippen LogP contribution is -2.52. The molecule has 4 aliphatic rings. The number of para-hydroxylation sites is 3. The molecular weight excluding hydrogens is 839 g/mol. The Hall–Kier alpha value is -5.27. The minimum absolute atomic E-state index is 0.0530. The Balaban J connectivity index is 1.07. The molecule has 12 heteroatoms. The van der Waals surface area contributed by atoms with Crippen molar-refractivity contribution >= 4 is 64.0 Å². The second-order valence-corrected chi connectivity index (χ2v) is 22.5. The number of ether oxygens (including phenoxy) is 3. The summed E-state index contributed by atoms with van der Waals surface area (Å²) in [5.74, 6) is 1.13. The topological polar surface area (TPSA) is 109 Å². The fourth-order valence-electron chi connectivity index (χ4n) is 10.3. The molecule has 9 rings (SSSR count). The number of rotatable bonds is 9. The molecule has 60 heavy (non-hydrogen) atoms. The molecule has 4 aliphatic heterocycles. The molecule has 4 heterocycles. The van der Waals surface area contributed by atoms with Crippen molar-refractivity contribution in [1.82, 2.24) is 4.90 Å². The van der Waals surface area contributed by atoms with Crippen molar-refractivity contribution in [1.29, 1.82) is 0 Å². The van der Waals surface area contributed by atoms with Gasteiger partial charge in [-0.15, -0.1) is 0 Å². The van der Waals surface area contributed by atoms with Crippen LogP contribution in [0.25, 0.3) is 0 Å². The first kappa shape index (κ1) is 40.1. The standard InChI is InChI=1S/C48H48BrN3O7Si/c1-30-45(60(3,4)36-22-20-35(57-2)21-23-36)43(27-44(54)50-25-9-10-34(50)29-53)59-48(30)38-26-32(49)17-24-39(38)51(47(48)56)28-31-15-18-33(19-16-31)52-40-12-6-8-14-42(40)58-41-13-7-5-11-37(41)46(52)55/h5-8,11-24,26,30,34,43,45,53H,9-10,25,27-29H2,1-4H3/t30-,34-,43+,45-,48+/m0/s1. The van der Waals surface area contributed by atoms with Crippen LogP contribution < -0.4 is 24.5 Å². The third-order valence-electron chi connectivity index (χ3n) is 13.3. The van der Waals surface area contributed by atoms with Crippen LogP contribution in [0.3, 0.4) is 0 Å². The number of methoxy groups -OCH3 is 1. The number of hydrogen-bond donors (Lipinski definition) is 1. The molecule has 2 fully saturated rings. The zero-order chi connectivity index (χ0) is 41.9. The largest absolute Gasteiger partial charge is 0.497 e. The Kier molecular flexibility index (Phi) is 10.5. The van der Waals surface area contributed by atoms with Gasteiger partial charge in [-0.3, -0.25) is 19.3 Å². The van der Waals surface area contributed by atoms with Crippen molar-refractivity contribution in [3.63, 3.8) is 0 Å². The molecule has 5 aromatic rings. The Morgan fingerprint density at radius 2 is 1.63 bits per heavy atom. The number of halogens is 1. The van der Waals surface area contributed by atoms with Gasteiger partial charge >= 0.3 is 0 Å². The average Bonchev–Trinajstić information content (AvgIpc) is 3.89. The number of aliphatic hydroxyl groups excluding tert-OH is 1. The first-order valence-corrected chi connectivity index (χ1v) is 24.5. The third-order valence-corrected chi connectivity index (χ3v) is 18.1. The molecule has 0 radical (unpaired) electrons. The third kappa shape index (κ3) is 6.55. The van der Waals surface area contributed by atoms with Crippen LogP contribution in [0.2, 0.25) is 18.6 Å². The van der Waals surface area contributed by atoms with Crippen LogP contribution in [-0.2, 0) is 26.5 Å². The summed E-state index contributed by atoms with van der Waals surface area (Å²) in [6, 6.07) is 36.3. The average molecular weight is 887 g/mol. The predicted molar refractivity (Wildman–Crippen MR) is 237 cm³/mol. The van der Waals surface area contributed by atoms with Gasteiger partial charge in [-0.2, -0.15) is 0 Å². The summed E-state index contributed by atoms with van der Waals surface area (Å²) in [6.07, 6.45) is 1.18. The van der Waals surface area contributed by atoms with Crippen LogP contribution in [0.1, 0.15) is 47.7 Å². The highest BCUT2D eigenvalue weighted by Gasteiger charge is 2.66. The van der Waals surface area contributed by atoms with Crippen molar-refractivity contribution in [2.24, 2.45) is 5.92 Å². The van der Waals surface area contributed by atoms with Gasteiger partial charge in [0.1, 0.15) is 11.5 Å². The van der Waals surface area contributed by atoms with Gasteiger partial charge in [0.2, 0.25) is 5.91 Å². The van der Waals surface area contributed by atoms with E-state index in [0.29, 0.717) is 35.0 Å². The van der Waals surface area contributed by atoms with Gasteiger partial charge in [-0.1, -0.05) is 89.7 Å². The Morgan fingerprint density at radius 3 is 2.37 bits per heavy atom. The summed E-state index contributed by atoms with van der Waals surface area (Å²) in [4.78, 5) is 49.0. The van der Waals surface area contributed by atoms with E-state index in [1.165, 1.54) is 5.19 Å². The number of nitrogens with zero attached hydrogens (tertiary/aromatic N) is 3. The number of anilines is 3. The van der Waals surface area contributed by atoms with Crippen LogP contribution in [0.15, 0.2) is 120 Å². The summed E-state index contributed by atoms with van der Waals surface area (Å²) < 4.78 is 19.8. The first-order chi connectivity index (χ1) is 29.0. The normalized spacial score (nSPS) is 23.3. The van der Waals surface area contributed by atoms with E-state index in [4.69, 9.17) is 14.2 Å². The van der Waals surface area contributed by atoms with Crippen molar-refractivity contribution in [3.8, 4) is 17.2 Å². The van der Waals surface area contributed by atoms with Crippen molar-refractivity contribution < 1.29 is 33.7 Å². The van der Waals surface area contributed by atoms with Crippen molar-refractivity contribution in [2.75, 3.05) is 30.1 Å². The summed E-state index contributed by atoms with van der Waals surface area (Å²) in [7, 11) is -0.845. The van der Waals surface area contributed by atoms with E-state index in [9.17, 15) is 14.7 Å². The highest BCUT2D eigenvalue weighted by atomic mass is 79.9. The zero-order valence-corrected chi connectivity index (χ0v) is 36.7. The zero-order valence-electron chi connectivity index (χ0n) is 34.1. The molecule has 2 saturated heterocycles. The lowest BCUT2D eigenvalue weighted by atomic mass is 9.82. The van der Waals surface area contributed by atoms with Crippen molar-refractivity contribution in [3.05, 3.63) is 136 Å². The van der Waals surface area contributed by atoms with E-state index < -0.39 is 19.8 Å². The molecule has 3 amide bonds. The van der Waals surface area contributed by atoms with E-state index in [1.807, 2.05) is 95.9 Å². The number of hydrogen-bond acceptors (Lipinski definition) is 7. The lowest BCUT2D eigenvalue weighted by Gasteiger charge is -2.37. The second kappa shape index (κ2) is 15.6. The minimum Gasteiger partial charge on any atom is -0.497 e. The number of fused-ring (bicyclic) bond motifs is 4. The second-order valence-electron chi connectivity index (χ2n) is 16.9. The van der Waals surface area contributed by atoms with E-state index in [-0.39, 0.29) is 54.8 Å². The minimum atomic E-state index is -2.50. The van der Waals surface area contributed by atoms with Crippen LogP contribution in [0.4, 0.5) is 17.1 Å². The Bertz CT molecular complexity index is 2480. The van der Waals surface area contributed by atoms with Gasteiger partial charge in [0.25, 0.3) is 11.8 Å². The molecule has 0 aliphatic carbocycles. The van der Waals surface area contributed by atoms with Crippen molar-refractivity contribution in [2.45, 2.75) is 69.1 Å². The van der Waals surface area contributed by atoms with E-state index in [2.05, 4.69) is 48.1 Å². The molecule has 5 atom stereocenters. The molecule has 0 unspecified atom stereocenters. The summed E-state index contributed by atoms with van der Waals surface area (Å²) in [5.41, 5.74) is 2.71.